The molecule has 0 aromatic heterocycles. The first-order valence-electron chi connectivity index (χ1n) is 13.3. The molecule has 204 valence electrons. The maximum absolute atomic E-state index is 14.1. The minimum atomic E-state index is -0.827. The van der Waals surface area contributed by atoms with Gasteiger partial charge in [0.1, 0.15) is 17.7 Å². The molecule has 3 unspecified atom stereocenters. The van der Waals surface area contributed by atoms with Gasteiger partial charge in [0.05, 0.1) is 0 Å². The topological polar surface area (TPSA) is 87.7 Å². The molecule has 1 aromatic rings. The van der Waals surface area contributed by atoms with Gasteiger partial charge in [-0.2, -0.15) is 0 Å². The number of rotatable bonds is 11. The quantitative estimate of drug-likeness (QED) is 0.398. The number of hydrogen-bond donors (Lipinski definition) is 2. The predicted molar refractivity (Wildman–Crippen MR) is 146 cm³/mol. The van der Waals surface area contributed by atoms with Crippen molar-refractivity contribution in [2.24, 2.45) is 5.92 Å². The summed E-state index contributed by atoms with van der Waals surface area (Å²) in [5.41, 5.74) is 2.04. The van der Waals surface area contributed by atoms with Crippen molar-refractivity contribution in [3.05, 3.63) is 34.9 Å². The molecule has 0 spiro atoms. The van der Waals surface area contributed by atoms with Gasteiger partial charge in [-0.25, -0.2) is 4.79 Å². The molecule has 7 nitrogen and oxygen atoms in total. The number of carbonyl (C=O) groups excluding carboxylic acids is 3. The monoisotopic (exact) mass is 503 g/mol. The van der Waals surface area contributed by atoms with Gasteiger partial charge in [-0.1, -0.05) is 51.0 Å². The Kier molecular flexibility index (Phi) is 11.9. The lowest BCUT2D eigenvalue weighted by Gasteiger charge is -2.38. The number of carbonyl (C=O) groups is 3. The van der Waals surface area contributed by atoms with E-state index in [1.807, 2.05) is 66.7 Å². The second-order valence-corrected chi connectivity index (χ2v) is 11.6. The molecule has 0 aliphatic heterocycles. The van der Waals surface area contributed by atoms with Gasteiger partial charge in [0.25, 0.3) is 0 Å². The molecule has 0 radical (unpaired) electrons. The minimum absolute atomic E-state index is 0.0226. The lowest BCUT2D eigenvalue weighted by atomic mass is 9.94. The van der Waals surface area contributed by atoms with Crippen LogP contribution in [0.1, 0.15) is 104 Å². The van der Waals surface area contributed by atoms with E-state index in [0.717, 1.165) is 29.5 Å². The SMILES string of the molecule is CCCC(C)NC(=O)C(c1cc(C)ccc1C)N(C(=O)C(CC(C)C)NC(=O)OC(C)(C)C)C(C)C. The Balaban J connectivity index is 3.55. The number of aryl methyl sites for hydroxylation is 2. The van der Waals surface area contributed by atoms with E-state index in [2.05, 4.69) is 17.6 Å². The summed E-state index contributed by atoms with van der Waals surface area (Å²) in [6.45, 7) is 21.1. The van der Waals surface area contributed by atoms with E-state index in [4.69, 9.17) is 4.74 Å². The summed E-state index contributed by atoms with van der Waals surface area (Å²) in [6, 6.07) is 4.00. The summed E-state index contributed by atoms with van der Waals surface area (Å²) in [7, 11) is 0. The first-order chi connectivity index (χ1) is 16.6. The molecule has 0 bridgehead atoms. The van der Waals surface area contributed by atoms with Crippen LogP contribution in [0.25, 0.3) is 0 Å². The van der Waals surface area contributed by atoms with E-state index < -0.39 is 23.8 Å². The number of amides is 3. The Bertz CT molecular complexity index is 889. The molecular formula is C29H49N3O4. The number of alkyl carbamates (subject to hydrolysis) is 1. The van der Waals surface area contributed by atoms with E-state index in [0.29, 0.717) is 6.42 Å². The third-order valence-electron chi connectivity index (χ3n) is 5.87. The van der Waals surface area contributed by atoms with Gasteiger partial charge in [-0.05, 0) is 85.3 Å². The molecule has 7 heteroatoms. The third kappa shape index (κ3) is 9.82. The van der Waals surface area contributed by atoms with E-state index in [-0.39, 0.29) is 29.8 Å². The molecular weight excluding hydrogens is 454 g/mol. The van der Waals surface area contributed by atoms with E-state index in [1.165, 1.54) is 0 Å². The molecule has 0 fully saturated rings. The fourth-order valence-electron chi connectivity index (χ4n) is 4.30. The maximum atomic E-state index is 14.1. The highest BCUT2D eigenvalue weighted by molar-refractivity contribution is 5.92. The summed E-state index contributed by atoms with van der Waals surface area (Å²) in [6.07, 6.45) is 1.57. The van der Waals surface area contributed by atoms with Crippen molar-refractivity contribution in [1.29, 1.82) is 0 Å². The largest absolute Gasteiger partial charge is 0.444 e. The summed E-state index contributed by atoms with van der Waals surface area (Å²) in [5.74, 6) is -0.374. The highest BCUT2D eigenvalue weighted by Crippen LogP contribution is 2.29. The molecule has 0 saturated carbocycles. The molecule has 36 heavy (non-hydrogen) atoms. The number of nitrogens with one attached hydrogen (secondary N) is 2. The highest BCUT2D eigenvalue weighted by atomic mass is 16.6. The van der Waals surface area contributed by atoms with Crippen LogP contribution in [0.4, 0.5) is 4.79 Å². The summed E-state index contributed by atoms with van der Waals surface area (Å²) >= 11 is 0. The average molecular weight is 504 g/mol. The van der Waals surface area contributed by atoms with Gasteiger partial charge < -0.3 is 20.3 Å². The number of nitrogens with zero attached hydrogens (tertiary/aromatic N) is 1. The van der Waals surface area contributed by atoms with Crippen LogP contribution < -0.4 is 10.6 Å². The molecule has 3 atom stereocenters. The van der Waals surface area contributed by atoms with Crippen molar-refractivity contribution in [2.45, 2.75) is 125 Å². The Morgan fingerprint density at radius 3 is 2.11 bits per heavy atom. The van der Waals surface area contributed by atoms with E-state index in [9.17, 15) is 14.4 Å². The standard InChI is InChI=1S/C29H49N3O4/c1-12-13-22(8)30-26(33)25(23-17-20(6)14-15-21(23)7)32(19(4)5)27(34)24(16-18(2)3)31-28(35)36-29(9,10)11/h14-15,17-19,22,24-25H,12-13,16H2,1-11H3,(H,30,33)(H,31,35). The zero-order valence-electron chi connectivity index (χ0n) is 24.3. The molecule has 0 heterocycles. The van der Waals surface area contributed by atoms with Crippen LogP contribution in [0, 0.1) is 19.8 Å². The Hall–Kier alpha value is -2.57. The van der Waals surface area contributed by atoms with Gasteiger partial charge in [0, 0.05) is 12.1 Å². The predicted octanol–water partition coefficient (Wildman–Crippen LogP) is 5.83. The van der Waals surface area contributed by atoms with Crippen molar-refractivity contribution in [3.8, 4) is 0 Å². The third-order valence-corrected chi connectivity index (χ3v) is 5.87. The van der Waals surface area contributed by atoms with Crippen molar-refractivity contribution in [3.63, 3.8) is 0 Å². The summed E-state index contributed by atoms with van der Waals surface area (Å²) < 4.78 is 5.45. The van der Waals surface area contributed by atoms with E-state index in [1.54, 1.807) is 25.7 Å². The van der Waals surface area contributed by atoms with Crippen molar-refractivity contribution < 1.29 is 19.1 Å². The smallest absolute Gasteiger partial charge is 0.408 e. The van der Waals surface area contributed by atoms with Crippen LogP contribution in [0.15, 0.2) is 18.2 Å². The lowest BCUT2D eigenvalue weighted by Crippen LogP contribution is -2.56. The lowest BCUT2D eigenvalue weighted by molar-refractivity contribution is -0.145. The van der Waals surface area contributed by atoms with Gasteiger partial charge >= 0.3 is 6.09 Å². The fraction of sp³-hybridized carbons (Fsp3) is 0.690. The van der Waals surface area contributed by atoms with Crippen LogP contribution in [-0.4, -0.2) is 46.5 Å². The van der Waals surface area contributed by atoms with Crippen molar-refractivity contribution in [1.82, 2.24) is 15.5 Å². The molecule has 1 rings (SSSR count). The fourth-order valence-corrected chi connectivity index (χ4v) is 4.30. The normalized spacial score (nSPS) is 14.2. The van der Waals surface area contributed by atoms with Crippen molar-refractivity contribution in [2.75, 3.05) is 0 Å². The zero-order chi connectivity index (χ0) is 27.8. The van der Waals surface area contributed by atoms with Crippen LogP contribution >= 0.6 is 0 Å². The van der Waals surface area contributed by atoms with Crippen molar-refractivity contribution >= 4 is 17.9 Å². The molecule has 0 saturated heterocycles. The Morgan fingerprint density at radius 1 is 1.00 bits per heavy atom. The van der Waals surface area contributed by atoms with Crippen LogP contribution in [0.2, 0.25) is 0 Å². The second-order valence-electron chi connectivity index (χ2n) is 11.6. The number of hydrogen-bond acceptors (Lipinski definition) is 4. The van der Waals surface area contributed by atoms with Crippen LogP contribution in [-0.2, 0) is 14.3 Å². The summed E-state index contributed by atoms with van der Waals surface area (Å²) in [4.78, 5) is 42.2. The minimum Gasteiger partial charge on any atom is -0.444 e. The van der Waals surface area contributed by atoms with Crippen LogP contribution in [0.3, 0.4) is 0 Å². The molecule has 1 aromatic carbocycles. The van der Waals surface area contributed by atoms with Gasteiger partial charge in [-0.3, -0.25) is 9.59 Å². The first-order valence-corrected chi connectivity index (χ1v) is 13.3. The molecule has 0 aliphatic rings. The average Bonchev–Trinajstić information content (AvgIpc) is 2.71. The Morgan fingerprint density at radius 2 is 1.61 bits per heavy atom. The van der Waals surface area contributed by atoms with Gasteiger partial charge in [0.15, 0.2) is 0 Å². The molecule has 2 N–H and O–H groups in total. The highest BCUT2D eigenvalue weighted by Gasteiger charge is 2.38. The molecule has 0 aliphatic carbocycles. The second kappa shape index (κ2) is 13.7. The van der Waals surface area contributed by atoms with Gasteiger partial charge in [-0.15, -0.1) is 0 Å². The first kappa shape index (κ1) is 31.5. The van der Waals surface area contributed by atoms with Gasteiger partial charge in [0.2, 0.25) is 11.8 Å². The Labute approximate surface area is 218 Å². The zero-order valence-corrected chi connectivity index (χ0v) is 24.3. The maximum Gasteiger partial charge on any atom is 0.408 e. The summed E-state index contributed by atoms with van der Waals surface area (Å²) in [5, 5.41) is 5.91. The number of benzene rings is 1. The molecule has 3 amide bonds. The number of ether oxygens (including phenoxy) is 1. The van der Waals surface area contributed by atoms with Crippen LogP contribution in [0.5, 0.6) is 0 Å². The van der Waals surface area contributed by atoms with E-state index >= 15 is 0 Å².